The van der Waals surface area contributed by atoms with Crippen LogP contribution in [0.2, 0.25) is 0 Å². The zero-order valence-corrected chi connectivity index (χ0v) is 16.6. The highest BCUT2D eigenvalue weighted by molar-refractivity contribution is 7.99. The number of rotatable bonds is 5. The molecular weight excluding hydrogens is 377 g/mol. The molecule has 3 rings (SSSR count). The zero-order chi connectivity index (χ0) is 20.3. The SMILES string of the molecule is Cc1cc(C)cc(-n2ccnc(SCC(=O)Nc3ccc(C)c(F)c3)c2=O)c1. The fourth-order valence-corrected chi connectivity index (χ4v) is 3.48. The number of amides is 1. The van der Waals surface area contributed by atoms with Gasteiger partial charge >= 0.3 is 0 Å². The van der Waals surface area contributed by atoms with Crippen LogP contribution in [0.15, 0.2) is 58.6 Å². The summed E-state index contributed by atoms with van der Waals surface area (Å²) in [4.78, 5) is 29.0. The van der Waals surface area contributed by atoms with Crippen molar-refractivity contribution in [1.29, 1.82) is 0 Å². The Bertz CT molecular complexity index is 1070. The molecule has 0 spiro atoms. The second-order valence-electron chi connectivity index (χ2n) is 6.55. The van der Waals surface area contributed by atoms with Gasteiger partial charge in [-0.2, -0.15) is 0 Å². The predicted octanol–water partition coefficient (Wildman–Crippen LogP) is 4.03. The number of halogens is 1. The second kappa shape index (κ2) is 8.39. The summed E-state index contributed by atoms with van der Waals surface area (Å²) in [6.07, 6.45) is 3.14. The molecule has 0 saturated heterocycles. The zero-order valence-electron chi connectivity index (χ0n) is 15.8. The van der Waals surface area contributed by atoms with E-state index in [9.17, 15) is 14.0 Å². The van der Waals surface area contributed by atoms with Crippen LogP contribution in [0.5, 0.6) is 0 Å². The van der Waals surface area contributed by atoms with E-state index in [0.29, 0.717) is 11.3 Å². The lowest BCUT2D eigenvalue weighted by Gasteiger charge is -2.10. The first kappa shape index (κ1) is 19.8. The van der Waals surface area contributed by atoms with Crippen molar-refractivity contribution in [3.63, 3.8) is 0 Å². The maximum atomic E-state index is 13.6. The third-order valence-electron chi connectivity index (χ3n) is 4.09. The first-order valence-electron chi connectivity index (χ1n) is 8.68. The van der Waals surface area contributed by atoms with E-state index >= 15 is 0 Å². The van der Waals surface area contributed by atoms with Crippen molar-refractivity contribution in [2.24, 2.45) is 0 Å². The van der Waals surface area contributed by atoms with Gasteiger partial charge < -0.3 is 5.32 Å². The number of nitrogens with zero attached hydrogens (tertiary/aromatic N) is 2. The fourth-order valence-electron chi connectivity index (χ4n) is 2.79. The summed E-state index contributed by atoms with van der Waals surface area (Å²) in [6.45, 7) is 5.59. The number of anilines is 1. The van der Waals surface area contributed by atoms with Crippen LogP contribution in [0, 0.1) is 26.6 Å². The first-order chi connectivity index (χ1) is 13.3. The molecule has 28 heavy (non-hydrogen) atoms. The Hall–Kier alpha value is -2.93. The standard InChI is InChI=1S/C21H20FN3O2S/c1-13-8-14(2)10-17(9-13)25-7-6-23-20(21(25)27)28-12-19(26)24-16-5-4-15(3)18(22)11-16/h4-11H,12H2,1-3H3,(H,24,26). The predicted molar refractivity (Wildman–Crippen MR) is 110 cm³/mol. The summed E-state index contributed by atoms with van der Waals surface area (Å²) in [5.41, 5.74) is 3.46. The molecule has 144 valence electrons. The lowest BCUT2D eigenvalue weighted by Crippen LogP contribution is -2.22. The molecule has 1 N–H and O–H groups in total. The van der Waals surface area contributed by atoms with E-state index in [4.69, 9.17) is 0 Å². The molecule has 3 aromatic rings. The Labute approximate surface area is 166 Å². The van der Waals surface area contributed by atoms with Crippen molar-refractivity contribution >= 4 is 23.4 Å². The Morgan fingerprint density at radius 2 is 1.86 bits per heavy atom. The van der Waals surface area contributed by atoms with Gasteiger partial charge in [-0.3, -0.25) is 14.2 Å². The van der Waals surface area contributed by atoms with Gasteiger partial charge in [0.1, 0.15) is 5.82 Å². The van der Waals surface area contributed by atoms with E-state index in [0.717, 1.165) is 28.6 Å². The normalized spacial score (nSPS) is 10.7. The molecule has 0 aliphatic heterocycles. The second-order valence-corrected chi connectivity index (χ2v) is 7.52. The highest BCUT2D eigenvalue weighted by Gasteiger charge is 2.11. The van der Waals surface area contributed by atoms with Gasteiger partial charge in [-0.1, -0.05) is 23.9 Å². The van der Waals surface area contributed by atoms with Gasteiger partial charge in [0.25, 0.3) is 5.56 Å². The Kier molecular flexibility index (Phi) is 5.94. The van der Waals surface area contributed by atoms with E-state index in [1.807, 2.05) is 32.0 Å². The fraction of sp³-hybridized carbons (Fsp3) is 0.190. The lowest BCUT2D eigenvalue weighted by molar-refractivity contribution is -0.113. The van der Waals surface area contributed by atoms with Crippen molar-refractivity contribution in [3.8, 4) is 5.69 Å². The number of aryl methyl sites for hydroxylation is 3. The molecule has 2 aromatic carbocycles. The number of benzene rings is 2. The van der Waals surface area contributed by atoms with Crippen LogP contribution in [-0.4, -0.2) is 21.2 Å². The highest BCUT2D eigenvalue weighted by Crippen LogP contribution is 2.17. The number of nitrogens with one attached hydrogen (secondary N) is 1. The number of hydrogen-bond donors (Lipinski definition) is 1. The third-order valence-corrected chi connectivity index (χ3v) is 5.05. The molecule has 0 aliphatic carbocycles. The molecule has 1 amide bonds. The summed E-state index contributed by atoms with van der Waals surface area (Å²) in [5.74, 6) is -0.725. The summed E-state index contributed by atoms with van der Waals surface area (Å²) in [6, 6.07) is 10.4. The van der Waals surface area contributed by atoms with Crippen molar-refractivity contribution in [3.05, 3.63) is 81.7 Å². The number of hydrogen-bond acceptors (Lipinski definition) is 4. The largest absolute Gasteiger partial charge is 0.325 e. The highest BCUT2D eigenvalue weighted by atomic mass is 32.2. The van der Waals surface area contributed by atoms with Gasteiger partial charge in [-0.05, 0) is 61.7 Å². The molecule has 0 unspecified atom stereocenters. The van der Waals surface area contributed by atoms with E-state index in [1.165, 1.54) is 16.8 Å². The lowest BCUT2D eigenvalue weighted by atomic mass is 10.1. The van der Waals surface area contributed by atoms with Gasteiger partial charge in [0, 0.05) is 23.8 Å². The van der Waals surface area contributed by atoms with E-state index in [1.54, 1.807) is 25.3 Å². The summed E-state index contributed by atoms with van der Waals surface area (Å²) >= 11 is 1.05. The van der Waals surface area contributed by atoms with E-state index in [2.05, 4.69) is 10.3 Å². The average molecular weight is 397 g/mol. The molecule has 0 aliphatic rings. The maximum absolute atomic E-state index is 13.6. The minimum atomic E-state index is -0.383. The number of carbonyl (C=O) groups is 1. The van der Waals surface area contributed by atoms with Crippen LogP contribution in [0.4, 0.5) is 10.1 Å². The van der Waals surface area contributed by atoms with Gasteiger partial charge in [0.15, 0.2) is 5.03 Å². The topological polar surface area (TPSA) is 64.0 Å². The van der Waals surface area contributed by atoms with Crippen molar-refractivity contribution < 1.29 is 9.18 Å². The Morgan fingerprint density at radius 3 is 2.54 bits per heavy atom. The minimum Gasteiger partial charge on any atom is -0.325 e. The van der Waals surface area contributed by atoms with Gasteiger partial charge in [0.2, 0.25) is 5.91 Å². The summed E-state index contributed by atoms with van der Waals surface area (Å²) in [5, 5.41) is 2.85. The van der Waals surface area contributed by atoms with Crippen molar-refractivity contribution in [2.45, 2.75) is 25.8 Å². The smallest absolute Gasteiger partial charge is 0.287 e. The summed E-state index contributed by atoms with van der Waals surface area (Å²) in [7, 11) is 0. The molecule has 0 atom stereocenters. The summed E-state index contributed by atoms with van der Waals surface area (Å²) < 4.78 is 15.1. The van der Waals surface area contributed by atoms with Gasteiger partial charge in [-0.15, -0.1) is 0 Å². The quantitative estimate of drug-likeness (QED) is 0.661. The van der Waals surface area contributed by atoms with Crippen molar-refractivity contribution in [2.75, 3.05) is 11.1 Å². The Morgan fingerprint density at radius 1 is 1.14 bits per heavy atom. The van der Waals surface area contributed by atoms with Crippen LogP contribution in [0.3, 0.4) is 0 Å². The molecule has 1 aromatic heterocycles. The first-order valence-corrected chi connectivity index (χ1v) is 9.67. The van der Waals surface area contributed by atoms with Crippen LogP contribution in [0.1, 0.15) is 16.7 Å². The minimum absolute atomic E-state index is 0.00536. The number of carbonyl (C=O) groups excluding carboxylic acids is 1. The average Bonchev–Trinajstić information content (AvgIpc) is 2.63. The van der Waals surface area contributed by atoms with Crippen LogP contribution >= 0.6 is 11.8 Å². The molecule has 7 heteroatoms. The molecular formula is C21H20FN3O2S. The van der Waals surface area contributed by atoms with Gasteiger partial charge in [0.05, 0.1) is 5.75 Å². The molecule has 1 heterocycles. The number of aromatic nitrogens is 2. The molecule has 0 bridgehead atoms. The van der Waals surface area contributed by atoms with Crippen LogP contribution in [0.25, 0.3) is 5.69 Å². The third kappa shape index (κ3) is 4.67. The monoisotopic (exact) mass is 397 g/mol. The maximum Gasteiger partial charge on any atom is 0.287 e. The van der Waals surface area contributed by atoms with Gasteiger partial charge in [-0.25, -0.2) is 9.37 Å². The van der Waals surface area contributed by atoms with Crippen molar-refractivity contribution in [1.82, 2.24) is 9.55 Å². The van der Waals surface area contributed by atoms with E-state index < -0.39 is 0 Å². The Balaban J connectivity index is 1.73. The van der Waals surface area contributed by atoms with E-state index in [-0.39, 0.29) is 28.1 Å². The number of thioether (sulfide) groups is 1. The molecule has 0 saturated carbocycles. The van der Waals surface area contributed by atoms with Crippen LogP contribution in [-0.2, 0) is 4.79 Å². The van der Waals surface area contributed by atoms with Crippen LogP contribution < -0.4 is 10.9 Å². The molecule has 0 radical (unpaired) electrons. The molecule has 0 fully saturated rings. The molecule has 5 nitrogen and oxygen atoms in total.